The van der Waals surface area contributed by atoms with Gasteiger partial charge in [-0.2, -0.15) is 0 Å². The molecule has 7 heteroatoms. The first-order chi connectivity index (χ1) is 28.6. The number of hydrogen-bond acceptors (Lipinski definition) is 4. The van der Waals surface area contributed by atoms with Crippen LogP contribution in [0.5, 0.6) is 11.5 Å². The molecule has 0 radical (unpaired) electrons. The van der Waals surface area contributed by atoms with Crippen molar-refractivity contribution in [1.82, 2.24) is 24.3 Å². The van der Waals surface area contributed by atoms with Crippen molar-refractivity contribution in [2.45, 2.75) is 6.92 Å². The molecule has 10 aromatic rings. The van der Waals surface area contributed by atoms with Gasteiger partial charge >= 0.3 is 0 Å². The number of benzene rings is 7. The summed E-state index contributed by atoms with van der Waals surface area (Å²) in [6.45, 7) is 10.0. The third kappa shape index (κ3) is 6.15. The summed E-state index contributed by atoms with van der Waals surface area (Å²) in [6, 6.07) is 61.7. The van der Waals surface area contributed by atoms with Gasteiger partial charge in [0.2, 0.25) is 0 Å². The van der Waals surface area contributed by atoms with E-state index >= 15 is 0 Å². The minimum atomic E-state index is 0.427. The molecule has 10 rings (SSSR count). The fourth-order valence-corrected chi connectivity index (χ4v) is 7.88. The Bertz CT molecular complexity index is 3090. The van der Waals surface area contributed by atoms with Crippen molar-refractivity contribution < 1.29 is 4.74 Å². The molecule has 0 amide bonds. The number of rotatable bonds is 8. The van der Waals surface area contributed by atoms with E-state index in [4.69, 9.17) is 21.4 Å². The van der Waals surface area contributed by atoms with E-state index in [-0.39, 0.29) is 0 Å². The lowest BCUT2D eigenvalue weighted by atomic mass is 9.95. The molecule has 0 N–H and O–H groups in total. The molecule has 274 valence electrons. The van der Waals surface area contributed by atoms with Crippen molar-refractivity contribution in [3.05, 3.63) is 205 Å². The lowest BCUT2D eigenvalue weighted by Crippen LogP contribution is -2.05. The van der Waals surface area contributed by atoms with E-state index < -0.39 is 0 Å². The van der Waals surface area contributed by atoms with Crippen molar-refractivity contribution in [3.63, 3.8) is 0 Å². The first kappa shape index (κ1) is 34.4. The maximum Gasteiger partial charge on any atom is 0.191 e. The van der Waals surface area contributed by atoms with Crippen LogP contribution in [-0.2, 0) is 0 Å². The quantitative estimate of drug-likeness (QED) is 0.145. The minimum Gasteiger partial charge on any atom is -0.459 e. The summed E-state index contributed by atoms with van der Waals surface area (Å²) >= 11 is 0. The highest BCUT2D eigenvalue weighted by Crippen LogP contribution is 2.41. The van der Waals surface area contributed by atoms with Crippen LogP contribution in [0, 0.1) is 13.5 Å². The van der Waals surface area contributed by atoms with Gasteiger partial charge < -0.3 is 4.74 Å². The number of nitrogens with zero attached hydrogens (tertiary/aromatic N) is 6. The third-order valence-electron chi connectivity index (χ3n) is 10.5. The van der Waals surface area contributed by atoms with Crippen molar-refractivity contribution in [1.29, 1.82) is 0 Å². The molecule has 7 nitrogen and oxygen atoms in total. The number of aryl methyl sites for hydroxylation is 1. The van der Waals surface area contributed by atoms with Crippen molar-refractivity contribution in [3.8, 4) is 67.8 Å². The van der Waals surface area contributed by atoms with Crippen LogP contribution in [0.3, 0.4) is 0 Å². The van der Waals surface area contributed by atoms with Gasteiger partial charge in [0.1, 0.15) is 23.1 Å². The predicted molar refractivity (Wildman–Crippen MR) is 233 cm³/mol. The second-order valence-corrected chi connectivity index (χ2v) is 14.1. The maximum atomic E-state index is 8.08. The van der Waals surface area contributed by atoms with Crippen molar-refractivity contribution in [2.24, 2.45) is 0 Å². The van der Waals surface area contributed by atoms with E-state index in [0.717, 1.165) is 72.5 Å². The summed E-state index contributed by atoms with van der Waals surface area (Å²) in [4.78, 5) is 8.61. The van der Waals surface area contributed by atoms with E-state index in [1.54, 1.807) is 6.07 Å². The van der Waals surface area contributed by atoms with Gasteiger partial charge in [0.05, 0.1) is 23.3 Å². The molecule has 0 fully saturated rings. The van der Waals surface area contributed by atoms with Crippen LogP contribution >= 0.6 is 0 Å². The molecule has 58 heavy (non-hydrogen) atoms. The van der Waals surface area contributed by atoms with Gasteiger partial charge in [-0.3, -0.25) is 9.13 Å². The van der Waals surface area contributed by atoms with Crippen LogP contribution in [0.2, 0.25) is 0 Å². The van der Waals surface area contributed by atoms with E-state index in [1.807, 2.05) is 98.0 Å². The lowest BCUT2D eigenvalue weighted by Gasteiger charge is -2.19. The Morgan fingerprint density at radius 1 is 0.500 bits per heavy atom. The Labute approximate surface area is 335 Å². The Kier molecular flexibility index (Phi) is 8.62. The number of para-hydroxylation sites is 1. The molecule has 0 bridgehead atoms. The minimum absolute atomic E-state index is 0.427. The molecule has 0 aliphatic rings. The highest BCUT2D eigenvalue weighted by molar-refractivity contribution is 6.10. The molecule has 0 aliphatic carbocycles. The standard InChI is InChI=1S/C51H34N6O/c1-34-54-55-51(56(34)50-43(36-17-8-4-9-18-36)21-14-22-44(50)37-19-10-5-11-20-37)39-29-40(52-2)32-42(30-39)58-41-25-26-45-46-31-38(35-15-6-3-7-16-35)24-27-47(46)57(48(45)33-41)49-23-12-13-28-53-49/h3-33H,1H3. The number of aromatic nitrogens is 5. The summed E-state index contributed by atoms with van der Waals surface area (Å²) in [5, 5.41) is 11.5. The molecule has 0 atom stereocenters. The average Bonchev–Trinajstić information content (AvgIpc) is 3.83. The molecule has 7 aromatic carbocycles. The van der Waals surface area contributed by atoms with Crippen LogP contribution < -0.4 is 4.74 Å². The Hall–Kier alpha value is -8.08. The summed E-state index contributed by atoms with van der Waals surface area (Å²) in [6.07, 6.45) is 1.81. The Morgan fingerprint density at radius 2 is 1.19 bits per heavy atom. The maximum absolute atomic E-state index is 8.08. The van der Waals surface area contributed by atoms with E-state index in [9.17, 15) is 0 Å². The predicted octanol–water partition coefficient (Wildman–Crippen LogP) is 13.1. The van der Waals surface area contributed by atoms with Crippen molar-refractivity contribution >= 4 is 27.5 Å². The van der Waals surface area contributed by atoms with Crippen molar-refractivity contribution in [2.75, 3.05) is 0 Å². The molecule has 0 spiro atoms. The second kappa shape index (κ2) is 14.5. The van der Waals surface area contributed by atoms with Gasteiger partial charge in [0.15, 0.2) is 11.5 Å². The average molecular weight is 747 g/mol. The Morgan fingerprint density at radius 3 is 1.86 bits per heavy atom. The topological polar surface area (TPSA) is 62.1 Å². The monoisotopic (exact) mass is 746 g/mol. The Balaban J connectivity index is 1.10. The highest BCUT2D eigenvalue weighted by Gasteiger charge is 2.22. The highest BCUT2D eigenvalue weighted by atomic mass is 16.5. The lowest BCUT2D eigenvalue weighted by molar-refractivity contribution is 0.484. The van der Waals surface area contributed by atoms with Gasteiger partial charge in [0.25, 0.3) is 0 Å². The van der Waals surface area contributed by atoms with Crippen LogP contribution in [0.25, 0.3) is 82.9 Å². The normalized spacial score (nSPS) is 11.2. The fourth-order valence-electron chi connectivity index (χ4n) is 7.88. The SMILES string of the molecule is [C-]#[N+]c1cc(Oc2ccc3c4cc(-c5ccccc5)ccc4n(-c4ccccn4)c3c2)cc(-c2nnc(C)n2-c2c(-c3ccccc3)cccc2-c2ccccc2)c1. The first-order valence-electron chi connectivity index (χ1n) is 19.0. The molecule has 0 saturated carbocycles. The second-order valence-electron chi connectivity index (χ2n) is 14.1. The first-order valence-corrected chi connectivity index (χ1v) is 19.0. The molecule has 3 aromatic heterocycles. The van der Waals surface area contributed by atoms with Gasteiger partial charge in [-0.05, 0) is 83.8 Å². The fraction of sp³-hybridized carbons (Fsp3) is 0.0196. The molecule has 0 aliphatic heterocycles. The summed E-state index contributed by atoms with van der Waals surface area (Å²) < 4.78 is 10.9. The largest absolute Gasteiger partial charge is 0.459 e. The number of fused-ring (bicyclic) bond motifs is 3. The molecular weight excluding hydrogens is 713 g/mol. The zero-order valence-corrected chi connectivity index (χ0v) is 31.5. The van der Waals surface area contributed by atoms with Gasteiger partial charge in [-0.25, -0.2) is 9.83 Å². The zero-order chi connectivity index (χ0) is 39.0. The van der Waals surface area contributed by atoms with Crippen LogP contribution in [0.4, 0.5) is 5.69 Å². The molecular formula is C51H34N6O. The van der Waals surface area contributed by atoms with Crippen LogP contribution in [-0.4, -0.2) is 24.3 Å². The third-order valence-corrected chi connectivity index (χ3v) is 10.5. The summed E-state index contributed by atoms with van der Waals surface area (Å²) in [7, 11) is 0. The summed E-state index contributed by atoms with van der Waals surface area (Å²) in [5.41, 5.74) is 10.6. The molecule has 0 saturated heterocycles. The number of ether oxygens (including phenoxy) is 1. The molecule has 0 unspecified atom stereocenters. The number of pyridine rings is 1. The number of hydrogen-bond donors (Lipinski definition) is 0. The smallest absolute Gasteiger partial charge is 0.191 e. The van der Waals surface area contributed by atoms with Crippen LogP contribution in [0.15, 0.2) is 188 Å². The van der Waals surface area contributed by atoms with E-state index in [0.29, 0.717) is 28.6 Å². The summed E-state index contributed by atoms with van der Waals surface area (Å²) in [5.74, 6) is 3.27. The molecule has 3 heterocycles. The van der Waals surface area contributed by atoms with Gasteiger partial charge in [0, 0.05) is 39.7 Å². The van der Waals surface area contributed by atoms with Gasteiger partial charge in [-0.15, -0.1) is 10.2 Å². The van der Waals surface area contributed by atoms with Crippen LogP contribution in [0.1, 0.15) is 5.82 Å². The van der Waals surface area contributed by atoms with E-state index in [2.05, 4.69) is 110 Å². The zero-order valence-electron chi connectivity index (χ0n) is 31.5. The van der Waals surface area contributed by atoms with E-state index in [1.165, 1.54) is 0 Å². The van der Waals surface area contributed by atoms with Gasteiger partial charge in [-0.1, -0.05) is 121 Å².